The van der Waals surface area contributed by atoms with Crippen molar-refractivity contribution in [3.63, 3.8) is 0 Å². The van der Waals surface area contributed by atoms with Gasteiger partial charge in [-0.3, -0.25) is 0 Å². The fourth-order valence-corrected chi connectivity index (χ4v) is 2.13. The van der Waals surface area contributed by atoms with E-state index < -0.39 is 5.97 Å². The number of aryl methyl sites for hydroxylation is 1. The summed E-state index contributed by atoms with van der Waals surface area (Å²) in [6, 6.07) is 7.92. The van der Waals surface area contributed by atoms with Crippen LogP contribution in [0, 0.1) is 6.92 Å². The second-order valence-corrected chi connectivity index (χ2v) is 4.48. The Morgan fingerprint density at radius 2 is 2.24 bits per heavy atom. The van der Waals surface area contributed by atoms with Gasteiger partial charge in [-0.1, -0.05) is 35.1 Å². The smallest absolute Gasteiger partial charge is 0.369 e. The quantitative estimate of drug-likeness (QED) is 0.784. The Hall–Kier alpha value is -1.75. The number of aromatic nitrogens is 2. The van der Waals surface area contributed by atoms with Gasteiger partial charge in [0, 0.05) is 5.56 Å². The molecule has 5 heteroatoms. The van der Waals surface area contributed by atoms with Gasteiger partial charge in [0.15, 0.2) is 0 Å². The Morgan fingerprint density at radius 3 is 2.94 bits per heavy atom. The van der Waals surface area contributed by atoms with Crippen molar-refractivity contribution in [2.24, 2.45) is 0 Å². The molecule has 1 heterocycles. The molecule has 17 heavy (non-hydrogen) atoms. The summed E-state index contributed by atoms with van der Waals surface area (Å²) in [5.74, 6) is -0.413. The molecule has 0 atom stereocenters. The van der Waals surface area contributed by atoms with Gasteiger partial charge in [0.1, 0.15) is 5.01 Å². The maximum atomic E-state index is 11.4. The highest BCUT2D eigenvalue weighted by Gasteiger charge is 2.14. The van der Waals surface area contributed by atoms with E-state index in [1.165, 1.54) is 11.3 Å². The predicted octanol–water partition coefficient (Wildman–Crippen LogP) is 2.69. The lowest BCUT2D eigenvalue weighted by Gasteiger charge is -1.96. The predicted molar refractivity (Wildman–Crippen MR) is 66.0 cm³/mol. The van der Waals surface area contributed by atoms with Crippen molar-refractivity contribution in [1.82, 2.24) is 10.2 Å². The highest BCUT2D eigenvalue weighted by molar-refractivity contribution is 7.16. The molecule has 0 N–H and O–H groups in total. The van der Waals surface area contributed by atoms with Crippen LogP contribution in [-0.2, 0) is 4.74 Å². The summed E-state index contributed by atoms with van der Waals surface area (Å²) in [6.45, 7) is 4.12. The van der Waals surface area contributed by atoms with E-state index in [0.717, 1.165) is 16.1 Å². The zero-order valence-corrected chi connectivity index (χ0v) is 10.5. The molecule has 0 aliphatic rings. The number of carbonyl (C=O) groups excluding carboxylic acids is 1. The number of benzene rings is 1. The summed E-state index contributed by atoms with van der Waals surface area (Å²) in [5, 5.41) is 8.86. The number of esters is 1. The van der Waals surface area contributed by atoms with Gasteiger partial charge in [-0.25, -0.2) is 4.79 Å². The van der Waals surface area contributed by atoms with E-state index in [1.807, 2.05) is 31.2 Å². The number of ether oxygens (including phenoxy) is 1. The van der Waals surface area contributed by atoms with Crippen molar-refractivity contribution < 1.29 is 9.53 Å². The first-order chi connectivity index (χ1) is 8.20. The standard InChI is InChI=1S/C12H12N2O2S/c1-3-16-12(15)11-14-13-10(17-11)9-6-4-5-8(2)7-9/h4-7H,3H2,1-2H3. The summed E-state index contributed by atoms with van der Waals surface area (Å²) >= 11 is 1.25. The summed E-state index contributed by atoms with van der Waals surface area (Å²) in [4.78, 5) is 11.4. The topological polar surface area (TPSA) is 52.1 Å². The number of nitrogens with zero attached hydrogens (tertiary/aromatic N) is 2. The normalized spacial score (nSPS) is 10.2. The van der Waals surface area contributed by atoms with Crippen molar-refractivity contribution in [1.29, 1.82) is 0 Å². The minimum Gasteiger partial charge on any atom is -0.461 e. The number of rotatable bonds is 3. The van der Waals surface area contributed by atoms with Crippen LogP contribution in [0.4, 0.5) is 0 Å². The molecular formula is C12H12N2O2S. The molecule has 2 rings (SSSR count). The fraction of sp³-hybridized carbons (Fsp3) is 0.250. The van der Waals surface area contributed by atoms with Gasteiger partial charge < -0.3 is 4.74 Å². The van der Waals surface area contributed by atoms with Crippen LogP contribution in [0.3, 0.4) is 0 Å². The van der Waals surface area contributed by atoms with Crippen LogP contribution in [0.1, 0.15) is 22.3 Å². The van der Waals surface area contributed by atoms with Gasteiger partial charge in [-0.15, -0.1) is 10.2 Å². The van der Waals surface area contributed by atoms with Crippen LogP contribution < -0.4 is 0 Å². The van der Waals surface area contributed by atoms with E-state index in [0.29, 0.717) is 11.6 Å². The lowest BCUT2D eigenvalue weighted by atomic mass is 10.1. The van der Waals surface area contributed by atoms with E-state index >= 15 is 0 Å². The van der Waals surface area contributed by atoms with Crippen LogP contribution >= 0.6 is 11.3 Å². The molecule has 0 aliphatic carbocycles. The molecule has 1 aromatic heterocycles. The van der Waals surface area contributed by atoms with Crippen molar-refractivity contribution in [3.8, 4) is 10.6 Å². The molecule has 0 amide bonds. The highest BCUT2D eigenvalue weighted by atomic mass is 32.1. The molecule has 2 aromatic rings. The van der Waals surface area contributed by atoms with Gasteiger partial charge in [0.2, 0.25) is 5.01 Å². The number of carbonyl (C=O) groups is 1. The average molecular weight is 248 g/mol. The molecule has 88 valence electrons. The van der Waals surface area contributed by atoms with Gasteiger partial charge >= 0.3 is 5.97 Å². The first-order valence-electron chi connectivity index (χ1n) is 5.28. The second kappa shape index (κ2) is 5.05. The summed E-state index contributed by atoms with van der Waals surface area (Å²) in [6.07, 6.45) is 0. The molecule has 0 bridgehead atoms. The fourth-order valence-electron chi connectivity index (χ4n) is 1.39. The minimum atomic E-state index is -0.413. The van der Waals surface area contributed by atoms with Crippen LogP contribution in [0.15, 0.2) is 24.3 Å². The van der Waals surface area contributed by atoms with E-state index in [2.05, 4.69) is 10.2 Å². The number of hydrogen-bond acceptors (Lipinski definition) is 5. The third kappa shape index (κ3) is 2.68. The largest absolute Gasteiger partial charge is 0.461 e. The van der Waals surface area contributed by atoms with Crippen molar-refractivity contribution >= 4 is 17.3 Å². The maximum Gasteiger partial charge on any atom is 0.369 e. The van der Waals surface area contributed by atoms with E-state index in [9.17, 15) is 4.79 Å². The van der Waals surface area contributed by atoms with Crippen LogP contribution in [0.2, 0.25) is 0 Å². The Kier molecular flexibility index (Phi) is 3.49. The molecule has 1 aromatic carbocycles. The van der Waals surface area contributed by atoms with Gasteiger partial charge in [0.05, 0.1) is 6.61 Å². The molecular weight excluding hydrogens is 236 g/mol. The SMILES string of the molecule is CCOC(=O)c1nnc(-c2cccc(C)c2)s1. The number of hydrogen-bond donors (Lipinski definition) is 0. The molecule has 0 saturated heterocycles. The Morgan fingerprint density at radius 1 is 1.41 bits per heavy atom. The summed E-state index contributed by atoms with van der Waals surface area (Å²) in [5.41, 5.74) is 2.12. The van der Waals surface area contributed by atoms with E-state index in [1.54, 1.807) is 6.92 Å². The third-order valence-corrected chi connectivity index (χ3v) is 3.09. The Balaban J connectivity index is 2.27. The lowest BCUT2D eigenvalue weighted by molar-refractivity contribution is 0.0525. The van der Waals surface area contributed by atoms with Crippen molar-refractivity contribution in [3.05, 3.63) is 34.8 Å². The maximum absolute atomic E-state index is 11.4. The Labute approximate surface area is 103 Å². The zero-order chi connectivity index (χ0) is 12.3. The lowest BCUT2D eigenvalue weighted by Crippen LogP contribution is -2.03. The van der Waals surface area contributed by atoms with Crippen LogP contribution in [0.25, 0.3) is 10.6 Å². The van der Waals surface area contributed by atoms with E-state index in [4.69, 9.17) is 4.74 Å². The first-order valence-corrected chi connectivity index (χ1v) is 6.10. The monoisotopic (exact) mass is 248 g/mol. The van der Waals surface area contributed by atoms with Crippen molar-refractivity contribution in [2.45, 2.75) is 13.8 Å². The molecule has 0 unspecified atom stereocenters. The van der Waals surface area contributed by atoms with Gasteiger partial charge in [-0.2, -0.15) is 0 Å². The van der Waals surface area contributed by atoms with Crippen LogP contribution in [0.5, 0.6) is 0 Å². The molecule has 0 fully saturated rings. The highest BCUT2D eigenvalue weighted by Crippen LogP contribution is 2.24. The minimum absolute atomic E-state index is 0.295. The molecule has 0 aliphatic heterocycles. The van der Waals surface area contributed by atoms with Crippen molar-refractivity contribution in [2.75, 3.05) is 6.61 Å². The van der Waals surface area contributed by atoms with Gasteiger partial charge in [0.25, 0.3) is 0 Å². The molecule has 4 nitrogen and oxygen atoms in total. The summed E-state index contributed by atoms with van der Waals surface area (Å²) < 4.78 is 4.87. The third-order valence-electron chi connectivity index (χ3n) is 2.14. The Bertz CT molecular complexity index is 537. The average Bonchev–Trinajstić information content (AvgIpc) is 2.78. The van der Waals surface area contributed by atoms with Gasteiger partial charge in [-0.05, 0) is 19.9 Å². The van der Waals surface area contributed by atoms with Crippen LogP contribution in [-0.4, -0.2) is 22.8 Å². The molecule has 0 radical (unpaired) electrons. The molecule has 0 saturated carbocycles. The van der Waals surface area contributed by atoms with E-state index in [-0.39, 0.29) is 0 Å². The summed E-state index contributed by atoms with van der Waals surface area (Å²) in [7, 11) is 0. The zero-order valence-electron chi connectivity index (χ0n) is 9.64. The molecule has 0 spiro atoms. The second-order valence-electron chi connectivity index (χ2n) is 3.50. The first kappa shape index (κ1) is 11.7.